The highest BCUT2D eigenvalue weighted by Crippen LogP contribution is 2.27. The van der Waals surface area contributed by atoms with Crippen molar-refractivity contribution in [2.75, 3.05) is 24.6 Å². The molecule has 1 saturated heterocycles. The first kappa shape index (κ1) is 11.2. The lowest BCUT2D eigenvalue weighted by Gasteiger charge is -2.19. The Kier molecular flexibility index (Phi) is 3.88. The van der Waals surface area contributed by atoms with E-state index in [1.165, 1.54) is 30.1 Å². The predicted octanol–water partition coefficient (Wildman–Crippen LogP) is 2.30. The number of nitrogens with two attached hydrogens (primary N) is 1. The van der Waals surface area contributed by atoms with Gasteiger partial charge < -0.3 is 5.73 Å². The molecule has 84 valence electrons. The summed E-state index contributed by atoms with van der Waals surface area (Å²) in [6.07, 6.45) is 4.59. The second kappa shape index (κ2) is 5.18. The molecule has 5 heteroatoms. The van der Waals surface area contributed by atoms with Crippen molar-refractivity contribution in [1.29, 1.82) is 0 Å². The first-order valence-electron chi connectivity index (χ1n) is 5.34. The highest BCUT2D eigenvalue weighted by Gasteiger charge is 2.19. The minimum absolute atomic E-state index is 0.673. The van der Waals surface area contributed by atoms with Gasteiger partial charge in [-0.3, -0.25) is 4.90 Å². The van der Waals surface area contributed by atoms with Gasteiger partial charge in [0.05, 0.1) is 10.4 Å². The molecule has 0 aromatic carbocycles. The number of hydrogen-bond acceptors (Lipinski definition) is 5. The first-order valence-corrected chi connectivity index (χ1v) is 7.14. The van der Waals surface area contributed by atoms with Gasteiger partial charge in [0.2, 0.25) is 0 Å². The summed E-state index contributed by atoms with van der Waals surface area (Å²) in [6, 6.07) is 0.775. The van der Waals surface area contributed by atoms with Crippen LogP contribution in [0, 0.1) is 0 Å². The summed E-state index contributed by atoms with van der Waals surface area (Å²) < 4.78 is 1.24. The van der Waals surface area contributed by atoms with Crippen molar-refractivity contribution >= 4 is 28.2 Å². The summed E-state index contributed by atoms with van der Waals surface area (Å²) in [6.45, 7) is 4.78. The van der Waals surface area contributed by atoms with Crippen molar-refractivity contribution in [3.05, 3.63) is 6.20 Å². The molecule has 0 spiro atoms. The third kappa shape index (κ3) is 3.09. The van der Waals surface area contributed by atoms with Gasteiger partial charge in [-0.15, -0.1) is 11.8 Å². The smallest absolute Gasteiger partial charge is 0.181 e. The SMILES string of the molecule is C[C@H]1CCCN1CCSc1cnc(N)s1. The van der Waals surface area contributed by atoms with E-state index in [0.717, 1.165) is 11.8 Å². The van der Waals surface area contributed by atoms with E-state index in [-0.39, 0.29) is 0 Å². The predicted molar refractivity (Wildman–Crippen MR) is 67.5 cm³/mol. The largest absolute Gasteiger partial charge is 0.375 e. The van der Waals surface area contributed by atoms with E-state index in [4.69, 9.17) is 5.73 Å². The lowest BCUT2D eigenvalue weighted by atomic mass is 10.2. The Bertz CT molecular complexity index is 313. The highest BCUT2D eigenvalue weighted by atomic mass is 32.2. The standard InChI is InChI=1S/C10H17N3S2/c1-8-3-2-4-13(8)5-6-14-9-7-12-10(11)15-9/h7-8H,2-6H2,1H3,(H2,11,12)/t8-/m0/s1. The second-order valence-corrected chi connectivity index (χ2v) is 6.35. The fourth-order valence-electron chi connectivity index (χ4n) is 1.93. The average Bonchev–Trinajstić information content (AvgIpc) is 2.77. The zero-order valence-corrected chi connectivity index (χ0v) is 10.6. The van der Waals surface area contributed by atoms with E-state index >= 15 is 0 Å². The van der Waals surface area contributed by atoms with Crippen LogP contribution in [0.25, 0.3) is 0 Å². The van der Waals surface area contributed by atoms with Gasteiger partial charge in [0.25, 0.3) is 0 Å². The summed E-state index contributed by atoms with van der Waals surface area (Å²) in [5.74, 6) is 1.14. The zero-order chi connectivity index (χ0) is 10.7. The summed E-state index contributed by atoms with van der Waals surface area (Å²) in [5.41, 5.74) is 5.58. The Labute approximate surface area is 99.1 Å². The lowest BCUT2D eigenvalue weighted by molar-refractivity contribution is 0.286. The third-order valence-electron chi connectivity index (χ3n) is 2.82. The fraction of sp³-hybridized carbons (Fsp3) is 0.700. The maximum atomic E-state index is 5.58. The molecule has 1 aliphatic heterocycles. The lowest BCUT2D eigenvalue weighted by Crippen LogP contribution is -2.28. The van der Waals surface area contributed by atoms with Gasteiger partial charge in [0, 0.05) is 18.3 Å². The average molecular weight is 243 g/mol. The van der Waals surface area contributed by atoms with Gasteiger partial charge in [-0.05, 0) is 26.3 Å². The molecular formula is C10H17N3S2. The summed E-state index contributed by atoms with van der Waals surface area (Å²) in [7, 11) is 0. The molecule has 0 aliphatic carbocycles. The Morgan fingerprint density at radius 3 is 3.20 bits per heavy atom. The van der Waals surface area contributed by atoms with Gasteiger partial charge >= 0.3 is 0 Å². The molecule has 2 heterocycles. The molecule has 2 rings (SSSR count). The maximum Gasteiger partial charge on any atom is 0.181 e. The topological polar surface area (TPSA) is 42.2 Å². The molecule has 0 radical (unpaired) electrons. The van der Waals surface area contributed by atoms with Gasteiger partial charge in [-0.2, -0.15) is 0 Å². The van der Waals surface area contributed by atoms with E-state index < -0.39 is 0 Å². The van der Waals surface area contributed by atoms with Crippen LogP contribution >= 0.6 is 23.1 Å². The normalized spacial score (nSPS) is 22.3. The first-order chi connectivity index (χ1) is 7.25. The molecule has 1 aliphatic rings. The van der Waals surface area contributed by atoms with E-state index in [1.54, 1.807) is 11.3 Å². The molecule has 0 amide bonds. The van der Waals surface area contributed by atoms with Crippen molar-refractivity contribution in [3.63, 3.8) is 0 Å². The van der Waals surface area contributed by atoms with Gasteiger partial charge in [0.15, 0.2) is 5.13 Å². The van der Waals surface area contributed by atoms with Crippen molar-refractivity contribution in [2.24, 2.45) is 0 Å². The van der Waals surface area contributed by atoms with Crippen molar-refractivity contribution < 1.29 is 0 Å². The van der Waals surface area contributed by atoms with Crippen LogP contribution in [0.4, 0.5) is 5.13 Å². The number of thiazole rings is 1. The quantitative estimate of drug-likeness (QED) is 0.824. The van der Waals surface area contributed by atoms with Gasteiger partial charge in [-0.25, -0.2) is 4.98 Å². The monoisotopic (exact) mass is 243 g/mol. The van der Waals surface area contributed by atoms with Crippen molar-refractivity contribution in [2.45, 2.75) is 30.0 Å². The Morgan fingerprint density at radius 1 is 1.73 bits per heavy atom. The van der Waals surface area contributed by atoms with E-state index in [1.807, 2.05) is 18.0 Å². The number of aromatic nitrogens is 1. The van der Waals surface area contributed by atoms with Crippen LogP contribution in [0.5, 0.6) is 0 Å². The molecule has 0 bridgehead atoms. The number of nitrogens with zero attached hydrogens (tertiary/aromatic N) is 2. The van der Waals surface area contributed by atoms with Crippen LogP contribution in [-0.4, -0.2) is 34.8 Å². The molecule has 15 heavy (non-hydrogen) atoms. The number of rotatable bonds is 4. The molecule has 1 atom stereocenters. The highest BCUT2D eigenvalue weighted by molar-refractivity contribution is 8.01. The molecule has 2 N–H and O–H groups in total. The molecular weight excluding hydrogens is 226 g/mol. The maximum absolute atomic E-state index is 5.58. The number of anilines is 1. The molecule has 1 aromatic heterocycles. The fourth-order valence-corrected chi connectivity index (χ4v) is 3.74. The van der Waals surface area contributed by atoms with Gasteiger partial charge in [-0.1, -0.05) is 11.3 Å². The van der Waals surface area contributed by atoms with Crippen LogP contribution in [0.15, 0.2) is 10.4 Å². The van der Waals surface area contributed by atoms with Crippen LogP contribution in [0.2, 0.25) is 0 Å². The van der Waals surface area contributed by atoms with E-state index in [0.29, 0.717) is 5.13 Å². The Morgan fingerprint density at radius 2 is 2.60 bits per heavy atom. The second-order valence-electron chi connectivity index (χ2n) is 3.89. The van der Waals surface area contributed by atoms with E-state index in [9.17, 15) is 0 Å². The summed E-state index contributed by atoms with van der Waals surface area (Å²) in [5, 5.41) is 0.673. The molecule has 3 nitrogen and oxygen atoms in total. The van der Waals surface area contributed by atoms with Crippen molar-refractivity contribution in [3.8, 4) is 0 Å². The summed E-state index contributed by atoms with van der Waals surface area (Å²) >= 11 is 3.45. The van der Waals surface area contributed by atoms with Crippen molar-refractivity contribution in [1.82, 2.24) is 9.88 Å². The Hall–Kier alpha value is -0.260. The van der Waals surface area contributed by atoms with Crippen LogP contribution < -0.4 is 5.73 Å². The summed E-state index contributed by atoms with van der Waals surface area (Å²) in [4.78, 5) is 6.61. The Balaban J connectivity index is 1.70. The molecule has 1 aromatic rings. The number of likely N-dealkylation sites (tertiary alicyclic amines) is 1. The van der Waals surface area contributed by atoms with Crippen LogP contribution in [-0.2, 0) is 0 Å². The number of thioether (sulfide) groups is 1. The zero-order valence-electron chi connectivity index (χ0n) is 8.98. The number of nitrogen functional groups attached to an aromatic ring is 1. The molecule has 0 unspecified atom stereocenters. The number of hydrogen-bond donors (Lipinski definition) is 1. The van der Waals surface area contributed by atoms with Crippen LogP contribution in [0.1, 0.15) is 19.8 Å². The minimum Gasteiger partial charge on any atom is -0.375 e. The third-order valence-corrected chi connectivity index (χ3v) is 4.82. The van der Waals surface area contributed by atoms with Gasteiger partial charge in [0.1, 0.15) is 0 Å². The van der Waals surface area contributed by atoms with E-state index in [2.05, 4.69) is 16.8 Å². The van der Waals surface area contributed by atoms with Crippen LogP contribution in [0.3, 0.4) is 0 Å². The molecule has 1 fully saturated rings. The molecule has 0 saturated carbocycles. The minimum atomic E-state index is 0.673.